The van der Waals surface area contributed by atoms with Gasteiger partial charge in [-0.1, -0.05) is 30.3 Å². The number of aromatic nitrogens is 1. The highest BCUT2D eigenvalue weighted by Gasteiger charge is 2.15. The smallest absolute Gasteiger partial charge is 0.175 e. The van der Waals surface area contributed by atoms with Crippen molar-refractivity contribution in [2.24, 2.45) is 0 Å². The molecule has 0 spiro atoms. The first-order valence-electron chi connectivity index (χ1n) is 7.40. The van der Waals surface area contributed by atoms with Gasteiger partial charge in [0.15, 0.2) is 9.84 Å². The minimum atomic E-state index is -3.23. The third-order valence-electron chi connectivity index (χ3n) is 3.96. The Kier molecular flexibility index (Phi) is 4.00. The maximum absolute atomic E-state index is 11.6. The second-order valence-electron chi connectivity index (χ2n) is 5.61. The molecule has 0 saturated heterocycles. The van der Waals surface area contributed by atoms with Crippen molar-refractivity contribution in [2.45, 2.75) is 11.8 Å². The zero-order chi connectivity index (χ0) is 17.3. The first-order chi connectivity index (χ1) is 11.4. The van der Waals surface area contributed by atoms with Gasteiger partial charge < -0.3 is 4.57 Å². The molecule has 1 aromatic heterocycles. The molecule has 0 radical (unpaired) electrons. The molecule has 0 atom stereocenters. The van der Waals surface area contributed by atoms with Crippen molar-refractivity contribution in [3.05, 3.63) is 71.9 Å². The van der Waals surface area contributed by atoms with Crippen molar-refractivity contribution in [1.82, 2.24) is 4.57 Å². The first-order valence-corrected chi connectivity index (χ1v) is 9.29. The number of hydrogen-bond donors (Lipinski definition) is 0. The standard InChI is InChI=1S/C19H16N2O2S/c1-14-16(13-20)12-19(21(14)17-6-4-3-5-7-17)15-8-10-18(11-9-15)24(2,22)23/h3-12H,1-2H3. The maximum atomic E-state index is 11.6. The number of hydrogen-bond acceptors (Lipinski definition) is 3. The van der Waals surface area contributed by atoms with Crippen LogP contribution in [0, 0.1) is 18.3 Å². The molecule has 24 heavy (non-hydrogen) atoms. The van der Waals surface area contributed by atoms with Gasteiger partial charge in [-0.15, -0.1) is 0 Å². The topological polar surface area (TPSA) is 62.9 Å². The summed E-state index contributed by atoms with van der Waals surface area (Å²) in [5.74, 6) is 0. The summed E-state index contributed by atoms with van der Waals surface area (Å²) in [4.78, 5) is 0.279. The number of nitriles is 1. The number of nitrogens with zero attached hydrogens (tertiary/aromatic N) is 2. The Labute approximate surface area is 141 Å². The molecular formula is C19H16N2O2S. The predicted molar refractivity (Wildman–Crippen MR) is 93.8 cm³/mol. The molecule has 0 unspecified atom stereocenters. The fraction of sp³-hybridized carbons (Fsp3) is 0.105. The van der Waals surface area contributed by atoms with Crippen LogP contribution in [0.15, 0.2) is 65.6 Å². The summed E-state index contributed by atoms with van der Waals surface area (Å²) in [6, 6.07) is 20.5. The van der Waals surface area contributed by atoms with Crippen LogP contribution in [0.1, 0.15) is 11.3 Å². The molecular weight excluding hydrogens is 320 g/mol. The van der Waals surface area contributed by atoms with E-state index in [4.69, 9.17) is 0 Å². The highest BCUT2D eigenvalue weighted by atomic mass is 32.2. The van der Waals surface area contributed by atoms with E-state index >= 15 is 0 Å². The van der Waals surface area contributed by atoms with Gasteiger partial charge in [0.1, 0.15) is 6.07 Å². The first kappa shape index (κ1) is 16.0. The van der Waals surface area contributed by atoms with E-state index in [0.717, 1.165) is 22.6 Å². The molecule has 4 nitrogen and oxygen atoms in total. The van der Waals surface area contributed by atoms with Crippen LogP contribution >= 0.6 is 0 Å². The average Bonchev–Trinajstić information content (AvgIpc) is 2.91. The van der Waals surface area contributed by atoms with E-state index in [1.165, 1.54) is 6.26 Å². The van der Waals surface area contributed by atoms with Crippen LogP contribution in [0.4, 0.5) is 0 Å². The van der Waals surface area contributed by atoms with Gasteiger partial charge in [0.2, 0.25) is 0 Å². The van der Waals surface area contributed by atoms with E-state index in [0.29, 0.717) is 5.56 Å². The maximum Gasteiger partial charge on any atom is 0.175 e. The van der Waals surface area contributed by atoms with Crippen molar-refractivity contribution in [3.63, 3.8) is 0 Å². The Morgan fingerprint density at radius 1 is 1.00 bits per heavy atom. The summed E-state index contributed by atoms with van der Waals surface area (Å²) >= 11 is 0. The fourth-order valence-corrected chi connectivity index (χ4v) is 3.35. The van der Waals surface area contributed by atoms with Crippen LogP contribution in [0.25, 0.3) is 16.9 Å². The molecule has 0 N–H and O–H groups in total. The lowest BCUT2D eigenvalue weighted by Crippen LogP contribution is -2.00. The molecule has 0 aliphatic rings. The van der Waals surface area contributed by atoms with Crippen LogP contribution < -0.4 is 0 Å². The van der Waals surface area contributed by atoms with Gasteiger partial charge in [0.05, 0.1) is 16.2 Å². The second-order valence-corrected chi connectivity index (χ2v) is 7.62. The van der Waals surface area contributed by atoms with Gasteiger partial charge in [-0.05, 0) is 42.8 Å². The summed E-state index contributed by atoms with van der Waals surface area (Å²) in [6.07, 6.45) is 1.19. The van der Waals surface area contributed by atoms with E-state index in [1.54, 1.807) is 24.3 Å². The fourth-order valence-electron chi connectivity index (χ4n) is 2.72. The van der Waals surface area contributed by atoms with Crippen molar-refractivity contribution in [2.75, 3.05) is 6.26 Å². The van der Waals surface area contributed by atoms with E-state index in [-0.39, 0.29) is 4.90 Å². The van der Waals surface area contributed by atoms with Gasteiger partial charge in [-0.3, -0.25) is 0 Å². The largest absolute Gasteiger partial charge is 0.313 e. The lowest BCUT2D eigenvalue weighted by atomic mass is 10.1. The third kappa shape index (κ3) is 2.84. The molecule has 2 aromatic carbocycles. The molecule has 0 saturated carbocycles. The van der Waals surface area contributed by atoms with Gasteiger partial charge >= 0.3 is 0 Å². The summed E-state index contributed by atoms with van der Waals surface area (Å²) in [5, 5.41) is 9.36. The van der Waals surface area contributed by atoms with Crippen LogP contribution in [-0.4, -0.2) is 19.2 Å². The molecule has 0 amide bonds. The van der Waals surface area contributed by atoms with Gasteiger partial charge in [-0.25, -0.2) is 8.42 Å². The van der Waals surface area contributed by atoms with Gasteiger partial charge in [-0.2, -0.15) is 5.26 Å². The van der Waals surface area contributed by atoms with Crippen LogP contribution in [0.5, 0.6) is 0 Å². The molecule has 3 rings (SSSR count). The molecule has 0 aliphatic heterocycles. The molecule has 5 heteroatoms. The van der Waals surface area contributed by atoms with E-state index in [2.05, 4.69) is 6.07 Å². The second kappa shape index (κ2) is 5.99. The Balaban J connectivity index is 2.20. The Morgan fingerprint density at radius 3 is 2.17 bits per heavy atom. The number of rotatable bonds is 3. The van der Waals surface area contributed by atoms with Crippen LogP contribution in [-0.2, 0) is 9.84 Å². The third-order valence-corrected chi connectivity index (χ3v) is 5.09. The van der Waals surface area contributed by atoms with E-state index in [1.807, 2.05) is 47.9 Å². The molecule has 0 bridgehead atoms. The molecule has 0 fully saturated rings. The predicted octanol–water partition coefficient (Wildman–Crippen LogP) is 3.73. The summed E-state index contributed by atoms with van der Waals surface area (Å²) in [5.41, 5.74) is 4.12. The number of benzene rings is 2. The normalized spacial score (nSPS) is 11.2. The van der Waals surface area contributed by atoms with Gasteiger partial charge in [0.25, 0.3) is 0 Å². The zero-order valence-electron chi connectivity index (χ0n) is 13.4. The van der Waals surface area contributed by atoms with E-state index in [9.17, 15) is 13.7 Å². The Bertz CT molecular complexity index is 1030. The summed E-state index contributed by atoms with van der Waals surface area (Å²) in [7, 11) is -3.23. The molecule has 1 heterocycles. The van der Waals surface area contributed by atoms with Crippen LogP contribution in [0.2, 0.25) is 0 Å². The highest BCUT2D eigenvalue weighted by molar-refractivity contribution is 7.90. The van der Waals surface area contributed by atoms with Gasteiger partial charge in [0, 0.05) is 17.6 Å². The minimum absolute atomic E-state index is 0.279. The SMILES string of the molecule is Cc1c(C#N)cc(-c2ccc(S(C)(=O)=O)cc2)n1-c1ccccc1. The van der Waals surface area contributed by atoms with Crippen molar-refractivity contribution >= 4 is 9.84 Å². The number of para-hydroxylation sites is 1. The zero-order valence-corrected chi connectivity index (χ0v) is 14.2. The Morgan fingerprint density at radius 2 is 1.62 bits per heavy atom. The monoisotopic (exact) mass is 336 g/mol. The number of sulfone groups is 1. The van der Waals surface area contributed by atoms with Crippen molar-refractivity contribution in [3.8, 4) is 23.0 Å². The quantitative estimate of drug-likeness (QED) is 0.732. The minimum Gasteiger partial charge on any atom is -0.313 e. The van der Waals surface area contributed by atoms with Crippen molar-refractivity contribution < 1.29 is 8.42 Å². The van der Waals surface area contributed by atoms with E-state index < -0.39 is 9.84 Å². The average molecular weight is 336 g/mol. The van der Waals surface area contributed by atoms with Crippen LogP contribution in [0.3, 0.4) is 0 Å². The van der Waals surface area contributed by atoms with Crippen molar-refractivity contribution in [1.29, 1.82) is 5.26 Å². The molecule has 3 aromatic rings. The summed E-state index contributed by atoms with van der Waals surface area (Å²) in [6.45, 7) is 1.90. The highest BCUT2D eigenvalue weighted by Crippen LogP contribution is 2.29. The lowest BCUT2D eigenvalue weighted by Gasteiger charge is -2.12. The Hall–Kier alpha value is -2.84. The molecule has 120 valence electrons. The summed E-state index contributed by atoms with van der Waals surface area (Å²) < 4.78 is 25.3. The molecule has 0 aliphatic carbocycles. The lowest BCUT2D eigenvalue weighted by molar-refractivity contribution is 0.602.